The first-order valence-electron chi connectivity index (χ1n) is 7.39. The summed E-state index contributed by atoms with van der Waals surface area (Å²) in [4.78, 5) is 7.50. The fourth-order valence-electron chi connectivity index (χ4n) is 3.39. The quantitative estimate of drug-likeness (QED) is 0.768. The van der Waals surface area contributed by atoms with E-state index in [4.69, 9.17) is 4.99 Å². The van der Waals surface area contributed by atoms with Crippen LogP contribution < -0.4 is 4.90 Å². The number of para-hydroxylation sites is 1. The van der Waals surface area contributed by atoms with Crippen molar-refractivity contribution in [3.63, 3.8) is 0 Å². The predicted octanol–water partition coefficient (Wildman–Crippen LogP) is 3.51. The summed E-state index contributed by atoms with van der Waals surface area (Å²) in [7, 11) is 0. The van der Waals surface area contributed by atoms with Gasteiger partial charge in [-0.25, -0.2) is 0 Å². The lowest BCUT2D eigenvalue weighted by molar-refractivity contribution is 0.683. The minimum atomic E-state index is 0.581. The number of rotatable bonds is 1. The summed E-state index contributed by atoms with van der Waals surface area (Å²) in [6.07, 6.45) is 2.55. The van der Waals surface area contributed by atoms with E-state index in [9.17, 15) is 0 Å². The standard InChI is InChI=1S/C18H18N2/c1-2-7-14(8-3-1)18-16-10-4-5-11-17(16)20-12-6-9-15(20)13-19-18/h1-5,7-8,10-11,15H,6,9,12-13H2. The van der Waals surface area contributed by atoms with Gasteiger partial charge in [0, 0.05) is 29.4 Å². The van der Waals surface area contributed by atoms with Crippen LogP contribution in [0.15, 0.2) is 59.6 Å². The molecule has 1 atom stereocenters. The second kappa shape index (κ2) is 4.78. The maximum Gasteiger partial charge on any atom is 0.0740 e. The van der Waals surface area contributed by atoms with E-state index in [1.807, 2.05) is 0 Å². The normalized spacial score (nSPS) is 20.9. The molecule has 0 saturated carbocycles. The molecule has 2 heteroatoms. The molecule has 20 heavy (non-hydrogen) atoms. The molecule has 0 aliphatic carbocycles. The van der Waals surface area contributed by atoms with E-state index in [1.165, 1.54) is 36.2 Å². The predicted molar refractivity (Wildman–Crippen MR) is 83.8 cm³/mol. The number of hydrogen-bond donors (Lipinski definition) is 0. The largest absolute Gasteiger partial charge is 0.366 e. The van der Waals surface area contributed by atoms with E-state index in [2.05, 4.69) is 59.5 Å². The van der Waals surface area contributed by atoms with Crippen LogP contribution in [0.25, 0.3) is 0 Å². The first kappa shape index (κ1) is 11.7. The van der Waals surface area contributed by atoms with E-state index in [-0.39, 0.29) is 0 Å². The molecule has 0 bridgehead atoms. The highest BCUT2D eigenvalue weighted by molar-refractivity contribution is 6.16. The highest BCUT2D eigenvalue weighted by atomic mass is 15.2. The van der Waals surface area contributed by atoms with Gasteiger partial charge in [-0.15, -0.1) is 0 Å². The van der Waals surface area contributed by atoms with Gasteiger partial charge in [-0.1, -0.05) is 48.5 Å². The lowest BCUT2D eigenvalue weighted by Crippen LogP contribution is -2.30. The number of anilines is 1. The van der Waals surface area contributed by atoms with Gasteiger partial charge in [-0.2, -0.15) is 0 Å². The lowest BCUT2D eigenvalue weighted by Gasteiger charge is -2.25. The lowest BCUT2D eigenvalue weighted by atomic mass is 10.0. The zero-order valence-electron chi connectivity index (χ0n) is 11.5. The second-order valence-electron chi connectivity index (χ2n) is 5.56. The van der Waals surface area contributed by atoms with Crippen molar-refractivity contribution in [2.45, 2.75) is 18.9 Å². The fourth-order valence-corrected chi connectivity index (χ4v) is 3.39. The monoisotopic (exact) mass is 262 g/mol. The van der Waals surface area contributed by atoms with E-state index >= 15 is 0 Å². The zero-order valence-corrected chi connectivity index (χ0v) is 11.5. The molecule has 100 valence electrons. The summed E-state index contributed by atoms with van der Waals surface area (Å²) >= 11 is 0. The molecule has 2 nitrogen and oxygen atoms in total. The topological polar surface area (TPSA) is 15.6 Å². The molecule has 0 amide bonds. The first-order valence-corrected chi connectivity index (χ1v) is 7.39. The van der Waals surface area contributed by atoms with Gasteiger partial charge in [0.05, 0.1) is 12.3 Å². The van der Waals surface area contributed by atoms with Crippen molar-refractivity contribution in [3.8, 4) is 0 Å². The third kappa shape index (κ3) is 1.83. The Morgan fingerprint density at radius 2 is 1.75 bits per heavy atom. The Morgan fingerprint density at radius 1 is 0.950 bits per heavy atom. The molecule has 2 aromatic rings. The molecular weight excluding hydrogens is 244 g/mol. The smallest absolute Gasteiger partial charge is 0.0740 e. The molecule has 2 aromatic carbocycles. The number of fused-ring (bicyclic) bond motifs is 3. The molecule has 4 rings (SSSR count). The van der Waals surface area contributed by atoms with Crippen molar-refractivity contribution >= 4 is 11.4 Å². The van der Waals surface area contributed by atoms with Crippen molar-refractivity contribution in [1.82, 2.24) is 0 Å². The Kier molecular flexibility index (Phi) is 2.80. The van der Waals surface area contributed by atoms with Gasteiger partial charge >= 0.3 is 0 Å². The van der Waals surface area contributed by atoms with Crippen LogP contribution in [-0.4, -0.2) is 24.8 Å². The van der Waals surface area contributed by atoms with Crippen LogP contribution >= 0.6 is 0 Å². The van der Waals surface area contributed by atoms with Crippen LogP contribution in [0.5, 0.6) is 0 Å². The van der Waals surface area contributed by atoms with Gasteiger partial charge in [-0.05, 0) is 18.9 Å². The summed E-state index contributed by atoms with van der Waals surface area (Å²) in [5.74, 6) is 0. The molecule has 1 saturated heterocycles. The van der Waals surface area contributed by atoms with E-state index in [0.29, 0.717) is 6.04 Å². The van der Waals surface area contributed by atoms with Gasteiger partial charge in [0.15, 0.2) is 0 Å². The Hall–Kier alpha value is -2.09. The van der Waals surface area contributed by atoms with E-state index in [0.717, 1.165) is 12.3 Å². The number of hydrogen-bond acceptors (Lipinski definition) is 2. The van der Waals surface area contributed by atoms with Crippen LogP contribution in [0, 0.1) is 0 Å². The van der Waals surface area contributed by atoms with Crippen LogP contribution in [0.2, 0.25) is 0 Å². The number of aliphatic imine (C=N–C) groups is 1. The highest BCUT2D eigenvalue weighted by Gasteiger charge is 2.29. The first-order chi connectivity index (χ1) is 9.93. The Labute approximate surface area is 119 Å². The molecular formula is C18H18N2. The minimum absolute atomic E-state index is 0.581. The third-order valence-electron chi connectivity index (χ3n) is 4.35. The SMILES string of the molecule is c1ccc(C2=NCC3CCCN3c3ccccc32)cc1. The maximum absolute atomic E-state index is 4.95. The Bertz CT molecular complexity index is 645. The van der Waals surface area contributed by atoms with Crippen LogP contribution in [0.1, 0.15) is 24.0 Å². The minimum Gasteiger partial charge on any atom is -0.366 e. The zero-order chi connectivity index (χ0) is 13.4. The maximum atomic E-state index is 4.95. The Balaban J connectivity index is 1.88. The summed E-state index contributed by atoms with van der Waals surface area (Å²) in [6, 6.07) is 19.9. The molecule has 0 aromatic heterocycles. The van der Waals surface area contributed by atoms with Gasteiger partial charge in [0.1, 0.15) is 0 Å². The molecule has 0 spiro atoms. The van der Waals surface area contributed by atoms with Crippen molar-refractivity contribution in [1.29, 1.82) is 0 Å². The molecule has 0 N–H and O–H groups in total. The summed E-state index contributed by atoms with van der Waals surface area (Å²) in [6.45, 7) is 2.08. The molecule has 2 heterocycles. The van der Waals surface area contributed by atoms with Crippen LogP contribution in [0.4, 0.5) is 5.69 Å². The second-order valence-corrected chi connectivity index (χ2v) is 5.56. The van der Waals surface area contributed by atoms with E-state index in [1.54, 1.807) is 0 Å². The van der Waals surface area contributed by atoms with Gasteiger partial charge in [0.25, 0.3) is 0 Å². The van der Waals surface area contributed by atoms with Gasteiger partial charge < -0.3 is 4.90 Å². The van der Waals surface area contributed by atoms with Gasteiger partial charge in [0.2, 0.25) is 0 Å². The number of benzene rings is 2. The number of nitrogens with zero attached hydrogens (tertiary/aromatic N) is 2. The third-order valence-corrected chi connectivity index (χ3v) is 4.35. The van der Waals surface area contributed by atoms with Crippen molar-refractivity contribution < 1.29 is 0 Å². The average Bonchev–Trinajstić information content (AvgIpc) is 2.92. The van der Waals surface area contributed by atoms with Crippen molar-refractivity contribution in [2.24, 2.45) is 4.99 Å². The van der Waals surface area contributed by atoms with Crippen LogP contribution in [0.3, 0.4) is 0 Å². The summed E-state index contributed by atoms with van der Waals surface area (Å²) in [5, 5.41) is 0. The molecule has 2 aliphatic heterocycles. The summed E-state index contributed by atoms with van der Waals surface area (Å²) in [5.41, 5.74) is 5.01. The van der Waals surface area contributed by atoms with Crippen molar-refractivity contribution in [2.75, 3.05) is 18.0 Å². The molecule has 2 aliphatic rings. The van der Waals surface area contributed by atoms with Crippen molar-refractivity contribution in [3.05, 3.63) is 65.7 Å². The molecule has 0 radical (unpaired) electrons. The van der Waals surface area contributed by atoms with Gasteiger partial charge in [-0.3, -0.25) is 4.99 Å². The Morgan fingerprint density at radius 3 is 2.65 bits per heavy atom. The fraction of sp³-hybridized carbons (Fsp3) is 0.278. The molecule has 1 fully saturated rings. The summed E-state index contributed by atoms with van der Waals surface area (Å²) < 4.78 is 0. The highest BCUT2D eigenvalue weighted by Crippen LogP contribution is 2.32. The van der Waals surface area contributed by atoms with E-state index < -0.39 is 0 Å². The average molecular weight is 262 g/mol. The molecule has 1 unspecified atom stereocenters. The van der Waals surface area contributed by atoms with Crippen LogP contribution in [-0.2, 0) is 0 Å².